The Hall–Kier alpha value is -1.55. The van der Waals surface area contributed by atoms with Crippen LogP contribution in [0.5, 0.6) is 0 Å². The van der Waals surface area contributed by atoms with Crippen LogP contribution in [0.2, 0.25) is 5.02 Å². The SMILES string of the molecule is NC(=O)CCC(NC(=O)Nc1ccc(Cl)cc1I)C(=O)O. The van der Waals surface area contributed by atoms with Crippen molar-refractivity contribution in [1.82, 2.24) is 5.32 Å². The third-order valence-electron chi connectivity index (χ3n) is 2.46. The average Bonchev–Trinajstić information content (AvgIpc) is 2.37. The van der Waals surface area contributed by atoms with Crippen molar-refractivity contribution in [2.75, 3.05) is 5.32 Å². The molecule has 0 aliphatic heterocycles. The van der Waals surface area contributed by atoms with Gasteiger partial charge < -0.3 is 21.5 Å². The lowest BCUT2D eigenvalue weighted by Crippen LogP contribution is -2.43. The van der Waals surface area contributed by atoms with Gasteiger partial charge in [0.15, 0.2) is 0 Å². The quantitative estimate of drug-likeness (QED) is 0.519. The summed E-state index contributed by atoms with van der Waals surface area (Å²) >= 11 is 7.78. The lowest BCUT2D eigenvalue weighted by atomic mass is 10.1. The summed E-state index contributed by atoms with van der Waals surface area (Å²) in [6, 6.07) is 2.97. The molecule has 9 heteroatoms. The molecule has 114 valence electrons. The largest absolute Gasteiger partial charge is 0.480 e. The summed E-state index contributed by atoms with van der Waals surface area (Å²) in [4.78, 5) is 33.4. The predicted octanol–water partition coefficient (Wildman–Crippen LogP) is 1.78. The van der Waals surface area contributed by atoms with E-state index in [0.717, 1.165) is 0 Å². The molecule has 0 heterocycles. The number of benzene rings is 1. The van der Waals surface area contributed by atoms with Gasteiger partial charge in [0.1, 0.15) is 6.04 Å². The molecule has 7 nitrogen and oxygen atoms in total. The number of carbonyl (C=O) groups excluding carboxylic acids is 2. The highest BCUT2D eigenvalue weighted by molar-refractivity contribution is 14.1. The molecule has 0 saturated heterocycles. The van der Waals surface area contributed by atoms with E-state index in [1.54, 1.807) is 18.2 Å². The Bertz CT molecular complexity index is 567. The number of rotatable bonds is 6. The minimum atomic E-state index is -1.24. The second-order valence-corrected chi connectivity index (χ2v) is 5.72. The topological polar surface area (TPSA) is 122 Å². The highest BCUT2D eigenvalue weighted by Gasteiger charge is 2.20. The molecular weight excluding hydrogens is 413 g/mol. The summed E-state index contributed by atoms with van der Waals surface area (Å²) in [7, 11) is 0. The molecular formula is C12H13ClIN3O4. The van der Waals surface area contributed by atoms with E-state index >= 15 is 0 Å². The standard InChI is InChI=1S/C12H13ClIN3O4/c13-6-1-2-8(7(14)5-6)16-12(21)17-9(11(19)20)3-4-10(15)18/h1-2,5,9H,3-4H2,(H2,15,18)(H,19,20)(H2,16,17,21). The Labute approximate surface area is 139 Å². The number of aliphatic carboxylic acids is 1. The highest BCUT2D eigenvalue weighted by Crippen LogP contribution is 2.22. The molecule has 1 unspecified atom stereocenters. The first-order valence-electron chi connectivity index (χ1n) is 5.83. The first-order valence-corrected chi connectivity index (χ1v) is 7.29. The van der Waals surface area contributed by atoms with E-state index in [0.29, 0.717) is 14.3 Å². The van der Waals surface area contributed by atoms with Gasteiger partial charge in [0.05, 0.1) is 5.69 Å². The molecule has 1 aromatic carbocycles. The summed E-state index contributed by atoms with van der Waals surface area (Å²) in [6.45, 7) is 0. The van der Waals surface area contributed by atoms with Gasteiger partial charge in [-0.1, -0.05) is 11.6 Å². The fourth-order valence-electron chi connectivity index (χ4n) is 1.45. The first kappa shape index (κ1) is 17.5. The normalized spacial score (nSPS) is 11.5. The van der Waals surface area contributed by atoms with Gasteiger partial charge in [-0.05, 0) is 47.2 Å². The van der Waals surface area contributed by atoms with Gasteiger partial charge in [0.2, 0.25) is 5.91 Å². The number of hydrogen-bond acceptors (Lipinski definition) is 3. The van der Waals surface area contributed by atoms with Crippen LogP contribution in [0.1, 0.15) is 12.8 Å². The summed E-state index contributed by atoms with van der Waals surface area (Å²) in [6.07, 6.45) is -0.203. The van der Waals surface area contributed by atoms with Gasteiger partial charge in [0, 0.05) is 15.0 Å². The molecule has 0 saturated carbocycles. The number of nitrogens with two attached hydrogens (primary N) is 1. The van der Waals surface area contributed by atoms with Gasteiger partial charge in [-0.25, -0.2) is 9.59 Å². The zero-order chi connectivity index (χ0) is 16.0. The molecule has 0 aliphatic carbocycles. The smallest absolute Gasteiger partial charge is 0.326 e. The van der Waals surface area contributed by atoms with Crippen molar-refractivity contribution in [2.45, 2.75) is 18.9 Å². The number of urea groups is 1. The van der Waals surface area contributed by atoms with Crippen LogP contribution in [0.15, 0.2) is 18.2 Å². The van der Waals surface area contributed by atoms with Crippen LogP contribution >= 0.6 is 34.2 Å². The number of amides is 3. The fourth-order valence-corrected chi connectivity index (χ4v) is 2.46. The van der Waals surface area contributed by atoms with Crippen LogP contribution in [0.25, 0.3) is 0 Å². The van der Waals surface area contributed by atoms with Crippen molar-refractivity contribution in [3.05, 3.63) is 26.8 Å². The zero-order valence-electron chi connectivity index (χ0n) is 10.7. The number of carbonyl (C=O) groups is 3. The minimum absolute atomic E-state index is 0.0736. The zero-order valence-corrected chi connectivity index (χ0v) is 13.6. The molecule has 1 aromatic rings. The number of nitrogens with one attached hydrogen (secondary N) is 2. The molecule has 0 radical (unpaired) electrons. The first-order chi connectivity index (χ1) is 9.79. The van der Waals surface area contributed by atoms with E-state index < -0.39 is 23.9 Å². The Morgan fingerprint density at radius 3 is 2.57 bits per heavy atom. The summed E-state index contributed by atoms with van der Waals surface area (Å²) in [5.74, 6) is -1.87. The highest BCUT2D eigenvalue weighted by atomic mass is 127. The Morgan fingerprint density at radius 1 is 1.38 bits per heavy atom. The molecule has 0 bridgehead atoms. The molecule has 0 aliphatic rings. The molecule has 1 atom stereocenters. The molecule has 3 amide bonds. The maximum Gasteiger partial charge on any atom is 0.326 e. The number of carboxylic acids is 1. The van der Waals surface area contributed by atoms with Crippen LogP contribution in [0.3, 0.4) is 0 Å². The average molecular weight is 426 g/mol. The lowest BCUT2D eigenvalue weighted by molar-refractivity contribution is -0.139. The van der Waals surface area contributed by atoms with E-state index in [2.05, 4.69) is 10.6 Å². The Balaban J connectivity index is 2.65. The van der Waals surface area contributed by atoms with Crippen molar-refractivity contribution in [3.63, 3.8) is 0 Å². The van der Waals surface area contributed by atoms with E-state index in [-0.39, 0.29) is 12.8 Å². The monoisotopic (exact) mass is 425 g/mol. The van der Waals surface area contributed by atoms with E-state index in [4.69, 9.17) is 22.4 Å². The van der Waals surface area contributed by atoms with Crippen molar-refractivity contribution < 1.29 is 19.5 Å². The van der Waals surface area contributed by atoms with Crippen LogP contribution in [0.4, 0.5) is 10.5 Å². The van der Waals surface area contributed by atoms with Crippen LogP contribution in [-0.2, 0) is 9.59 Å². The summed E-state index contributed by atoms with van der Waals surface area (Å²) < 4.78 is 0.708. The van der Waals surface area contributed by atoms with E-state index in [1.165, 1.54) is 0 Å². The number of hydrogen-bond donors (Lipinski definition) is 4. The molecule has 0 aromatic heterocycles. The molecule has 21 heavy (non-hydrogen) atoms. The predicted molar refractivity (Wildman–Crippen MR) is 86.2 cm³/mol. The van der Waals surface area contributed by atoms with Crippen molar-refractivity contribution >= 4 is 57.8 Å². The summed E-state index contributed by atoms with van der Waals surface area (Å²) in [5.41, 5.74) is 5.45. The lowest BCUT2D eigenvalue weighted by Gasteiger charge is -2.15. The number of carboxylic acid groups (broad SMARTS) is 1. The van der Waals surface area contributed by atoms with Crippen molar-refractivity contribution in [3.8, 4) is 0 Å². The van der Waals surface area contributed by atoms with Gasteiger partial charge in [-0.15, -0.1) is 0 Å². The number of anilines is 1. The number of primary amides is 1. The minimum Gasteiger partial charge on any atom is -0.480 e. The third kappa shape index (κ3) is 6.17. The second-order valence-electron chi connectivity index (χ2n) is 4.12. The van der Waals surface area contributed by atoms with Crippen molar-refractivity contribution in [2.24, 2.45) is 5.73 Å². The number of halogens is 2. The summed E-state index contributed by atoms with van der Waals surface area (Å²) in [5, 5.41) is 14.3. The van der Waals surface area contributed by atoms with Gasteiger partial charge in [-0.2, -0.15) is 0 Å². The maximum absolute atomic E-state index is 11.8. The Kier molecular flexibility index (Phi) is 6.69. The van der Waals surface area contributed by atoms with Crippen LogP contribution in [0, 0.1) is 3.57 Å². The van der Waals surface area contributed by atoms with Gasteiger partial charge in [0.25, 0.3) is 0 Å². The van der Waals surface area contributed by atoms with Crippen LogP contribution in [-0.4, -0.2) is 29.1 Å². The molecule has 0 fully saturated rings. The van der Waals surface area contributed by atoms with E-state index in [1.807, 2.05) is 22.6 Å². The van der Waals surface area contributed by atoms with Gasteiger partial charge >= 0.3 is 12.0 Å². The maximum atomic E-state index is 11.8. The Morgan fingerprint density at radius 2 is 2.05 bits per heavy atom. The molecule has 0 spiro atoms. The fraction of sp³-hybridized carbons (Fsp3) is 0.250. The second kappa shape index (κ2) is 8.03. The van der Waals surface area contributed by atoms with Crippen LogP contribution < -0.4 is 16.4 Å². The molecule has 1 rings (SSSR count). The molecule has 5 N–H and O–H groups in total. The van der Waals surface area contributed by atoms with Crippen molar-refractivity contribution in [1.29, 1.82) is 0 Å². The third-order valence-corrected chi connectivity index (χ3v) is 3.59. The van der Waals surface area contributed by atoms with Gasteiger partial charge in [-0.3, -0.25) is 4.79 Å². The van der Waals surface area contributed by atoms with E-state index in [9.17, 15) is 14.4 Å².